The van der Waals surface area contributed by atoms with E-state index in [9.17, 15) is 4.79 Å². The van der Waals surface area contributed by atoms with E-state index in [1.807, 2.05) is 13.0 Å². The highest BCUT2D eigenvalue weighted by molar-refractivity contribution is 5.94. The predicted octanol–water partition coefficient (Wildman–Crippen LogP) is 2.33. The van der Waals surface area contributed by atoms with Crippen molar-refractivity contribution in [3.05, 3.63) is 59.6 Å². The molecule has 0 saturated carbocycles. The van der Waals surface area contributed by atoms with E-state index >= 15 is 0 Å². The van der Waals surface area contributed by atoms with Gasteiger partial charge in [0.15, 0.2) is 0 Å². The Kier molecular flexibility index (Phi) is 5.19. The number of aromatic nitrogens is 3. The van der Waals surface area contributed by atoms with Crippen LogP contribution in [0, 0.1) is 11.3 Å². The number of ether oxygens (including phenoxy) is 1. The first-order valence-electron chi connectivity index (χ1n) is 7.89. The number of amides is 1. The number of nitrogens with zero attached hydrogens (tertiary/aromatic N) is 4. The van der Waals surface area contributed by atoms with Crippen LogP contribution in [0.3, 0.4) is 0 Å². The molecule has 0 radical (unpaired) electrons. The zero-order valence-electron chi connectivity index (χ0n) is 14.0. The molecule has 8 heteroatoms. The summed E-state index contributed by atoms with van der Waals surface area (Å²) in [6.45, 7) is 2.49. The van der Waals surface area contributed by atoms with Crippen LogP contribution in [0.4, 0.5) is 0 Å². The van der Waals surface area contributed by atoms with Gasteiger partial charge in [0, 0.05) is 23.4 Å². The van der Waals surface area contributed by atoms with Gasteiger partial charge < -0.3 is 14.6 Å². The molecule has 26 heavy (non-hydrogen) atoms. The molecule has 0 aliphatic carbocycles. The highest BCUT2D eigenvalue weighted by Crippen LogP contribution is 2.17. The quantitative estimate of drug-likeness (QED) is 0.726. The van der Waals surface area contributed by atoms with E-state index in [4.69, 9.17) is 14.5 Å². The SMILES string of the molecule is CCOc1ccc(-c2noc(CNC(=O)c3cccc(C#N)c3)n2)cn1. The third-order valence-corrected chi connectivity index (χ3v) is 3.41. The Labute approximate surface area is 149 Å². The molecule has 0 saturated heterocycles. The smallest absolute Gasteiger partial charge is 0.251 e. The predicted molar refractivity (Wildman–Crippen MR) is 91.0 cm³/mol. The van der Waals surface area contributed by atoms with Crippen LogP contribution in [-0.2, 0) is 6.54 Å². The molecule has 0 aliphatic rings. The fourth-order valence-corrected chi connectivity index (χ4v) is 2.18. The summed E-state index contributed by atoms with van der Waals surface area (Å²) in [4.78, 5) is 20.5. The zero-order valence-corrected chi connectivity index (χ0v) is 14.0. The van der Waals surface area contributed by atoms with Crippen LogP contribution in [0.1, 0.15) is 28.7 Å². The van der Waals surface area contributed by atoms with Crippen LogP contribution < -0.4 is 10.1 Å². The van der Waals surface area contributed by atoms with E-state index in [-0.39, 0.29) is 18.3 Å². The van der Waals surface area contributed by atoms with E-state index in [2.05, 4.69) is 20.4 Å². The summed E-state index contributed by atoms with van der Waals surface area (Å²) < 4.78 is 10.4. The molecule has 2 heterocycles. The molecule has 130 valence electrons. The van der Waals surface area contributed by atoms with Crippen LogP contribution in [-0.4, -0.2) is 27.6 Å². The first-order valence-corrected chi connectivity index (χ1v) is 7.89. The second-order valence-corrected chi connectivity index (χ2v) is 5.21. The van der Waals surface area contributed by atoms with Gasteiger partial charge in [-0.25, -0.2) is 4.98 Å². The van der Waals surface area contributed by atoms with Gasteiger partial charge in [-0.05, 0) is 31.2 Å². The minimum Gasteiger partial charge on any atom is -0.478 e. The van der Waals surface area contributed by atoms with E-state index in [1.165, 1.54) is 6.07 Å². The second kappa shape index (κ2) is 7.90. The highest BCUT2D eigenvalue weighted by atomic mass is 16.5. The third-order valence-electron chi connectivity index (χ3n) is 3.41. The molecule has 0 spiro atoms. The zero-order chi connectivity index (χ0) is 18.4. The summed E-state index contributed by atoms with van der Waals surface area (Å²) in [5, 5.41) is 15.4. The number of hydrogen-bond acceptors (Lipinski definition) is 7. The highest BCUT2D eigenvalue weighted by Gasteiger charge is 2.12. The minimum absolute atomic E-state index is 0.0765. The van der Waals surface area contributed by atoms with E-state index < -0.39 is 0 Å². The monoisotopic (exact) mass is 349 g/mol. The molecule has 3 rings (SSSR count). The molecule has 3 aromatic rings. The van der Waals surface area contributed by atoms with Gasteiger partial charge in [-0.1, -0.05) is 11.2 Å². The van der Waals surface area contributed by atoms with E-state index in [1.54, 1.807) is 36.5 Å². The summed E-state index contributed by atoms with van der Waals surface area (Å²) in [6.07, 6.45) is 1.59. The Bertz CT molecular complexity index is 944. The van der Waals surface area contributed by atoms with Gasteiger partial charge in [-0.3, -0.25) is 4.79 Å². The molecule has 0 bridgehead atoms. The first-order chi connectivity index (χ1) is 12.7. The summed E-state index contributed by atoms with van der Waals surface area (Å²) in [6, 6.07) is 11.9. The van der Waals surface area contributed by atoms with Crippen LogP contribution in [0.2, 0.25) is 0 Å². The van der Waals surface area contributed by atoms with E-state index in [0.717, 1.165) is 0 Å². The maximum absolute atomic E-state index is 12.1. The van der Waals surface area contributed by atoms with Crippen molar-refractivity contribution in [1.82, 2.24) is 20.4 Å². The lowest BCUT2D eigenvalue weighted by atomic mass is 10.1. The molecule has 0 aliphatic heterocycles. The normalized spacial score (nSPS) is 10.2. The van der Waals surface area contributed by atoms with Crippen molar-refractivity contribution in [2.45, 2.75) is 13.5 Å². The Morgan fingerprint density at radius 2 is 2.23 bits per heavy atom. The van der Waals surface area contributed by atoms with Crippen molar-refractivity contribution >= 4 is 5.91 Å². The molecule has 1 amide bonds. The molecule has 1 aromatic carbocycles. The number of rotatable bonds is 6. The number of nitrogens with one attached hydrogen (secondary N) is 1. The fraction of sp³-hybridized carbons (Fsp3) is 0.167. The average molecular weight is 349 g/mol. The standard InChI is InChI=1S/C18H15N5O3/c1-2-25-15-7-6-14(10-20-15)17-22-16(26-23-17)11-21-18(24)13-5-3-4-12(8-13)9-19/h3-8,10H,2,11H2,1H3,(H,21,24). The number of hydrogen-bond donors (Lipinski definition) is 1. The van der Waals surface area contributed by atoms with Gasteiger partial charge in [-0.2, -0.15) is 10.2 Å². The van der Waals surface area contributed by atoms with Gasteiger partial charge >= 0.3 is 0 Å². The number of benzene rings is 1. The van der Waals surface area contributed by atoms with Gasteiger partial charge in [0.05, 0.1) is 24.8 Å². The van der Waals surface area contributed by atoms with Crippen LogP contribution in [0.15, 0.2) is 47.1 Å². The first kappa shape index (κ1) is 17.1. The minimum atomic E-state index is -0.329. The van der Waals surface area contributed by atoms with Gasteiger partial charge in [0.2, 0.25) is 17.6 Å². The maximum Gasteiger partial charge on any atom is 0.251 e. The van der Waals surface area contributed by atoms with E-state index in [0.29, 0.717) is 35.0 Å². The Hall–Kier alpha value is -3.73. The van der Waals surface area contributed by atoms with Crippen molar-refractivity contribution in [3.63, 3.8) is 0 Å². The molecule has 0 fully saturated rings. The second-order valence-electron chi connectivity index (χ2n) is 5.21. The summed E-state index contributed by atoms with van der Waals surface area (Å²) in [5.41, 5.74) is 1.48. The lowest BCUT2D eigenvalue weighted by molar-refractivity contribution is 0.0946. The molecule has 0 unspecified atom stereocenters. The van der Waals surface area contributed by atoms with Gasteiger partial charge in [0.1, 0.15) is 0 Å². The van der Waals surface area contributed by atoms with Crippen LogP contribution in [0.25, 0.3) is 11.4 Å². The van der Waals surface area contributed by atoms with Crippen LogP contribution >= 0.6 is 0 Å². The number of nitriles is 1. The van der Waals surface area contributed by atoms with Crippen molar-refractivity contribution in [2.75, 3.05) is 6.61 Å². The van der Waals surface area contributed by atoms with Crippen molar-refractivity contribution in [2.24, 2.45) is 0 Å². The molecule has 8 nitrogen and oxygen atoms in total. The topological polar surface area (TPSA) is 114 Å². The Balaban J connectivity index is 1.63. The summed E-state index contributed by atoms with van der Waals surface area (Å²) in [5.74, 6) is 0.825. The fourth-order valence-electron chi connectivity index (χ4n) is 2.18. The van der Waals surface area contributed by atoms with Crippen molar-refractivity contribution in [1.29, 1.82) is 5.26 Å². The number of pyridine rings is 1. The summed E-state index contributed by atoms with van der Waals surface area (Å²) in [7, 11) is 0. The Morgan fingerprint density at radius 1 is 1.35 bits per heavy atom. The molecule has 1 N–H and O–H groups in total. The summed E-state index contributed by atoms with van der Waals surface area (Å²) >= 11 is 0. The largest absolute Gasteiger partial charge is 0.478 e. The van der Waals surface area contributed by atoms with Crippen LogP contribution in [0.5, 0.6) is 5.88 Å². The van der Waals surface area contributed by atoms with Crippen molar-refractivity contribution < 1.29 is 14.1 Å². The number of carbonyl (C=O) groups is 1. The van der Waals surface area contributed by atoms with Gasteiger partial charge in [-0.15, -0.1) is 0 Å². The maximum atomic E-state index is 12.1. The lowest BCUT2D eigenvalue weighted by Gasteiger charge is -2.02. The van der Waals surface area contributed by atoms with Gasteiger partial charge in [0.25, 0.3) is 5.91 Å². The Morgan fingerprint density at radius 3 is 2.96 bits per heavy atom. The molecule has 2 aromatic heterocycles. The number of carbonyl (C=O) groups excluding carboxylic acids is 1. The molecule has 0 atom stereocenters. The van der Waals surface area contributed by atoms with Crippen molar-refractivity contribution in [3.8, 4) is 23.3 Å². The lowest BCUT2D eigenvalue weighted by Crippen LogP contribution is -2.23. The third kappa shape index (κ3) is 4.02. The molecular formula is C18H15N5O3. The average Bonchev–Trinajstić information content (AvgIpc) is 3.16. The molecular weight excluding hydrogens is 334 g/mol.